The summed E-state index contributed by atoms with van der Waals surface area (Å²) in [6.45, 7) is 0. The van der Waals surface area contributed by atoms with Crippen molar-refractivity contribution in [2.24, 2.45) is 0 Å². The summed E-state index contributed by atoms with van der Waals surface area (Å²) < 4.78 is 13.7. The Morgan fingerprint density at radius 3 is 1.77 bits per heavy atom. The summed E-state index contributed by atoms with van der Waals surface area (Å²) in [5, 5.41) is 9.23. The Kier molecular flexibility index (Phi) is 4.84. The second-order valence-corrected chi connectivity index (χ2v) is 12.2. The number of hydrogen-bond donors (Lipinski definition) is 0. The second-order valence-electron chi connectivity index (χ2n) is 11.2. The highest BCUT2D eigenvalue weighted by Crippen LogP contribution is 2.47. The predicted octanol–water partition coefficient (Wildman–Crippen LogP) is 11.9. The van der Waals surface area contributed by atoms with Crippen LogP contribution in [0.5, 0.6) is 0 Å². The van der Waals surface area contributed by atoms with Gasteiger partial charge in [0.2, 0.25) is 0 Å². The van der Waals surface area contributed by atoms with Gasteiger partial charge in [-0.2, -0.15) is 0 Å². The third-order valence-corrected chi connectivity index (χ3v) is 9.87. The molecule has 0 aliphatic carbocycles. The lowest BCUT2D eigenvalue weighted by Gasteiger charge is -2.26. The number of fused-ring (bicyclic) bond motifs is 11. The quantitative estimate of drug-likeness (QED) is 0.208. The van der Waals surface area contributed by atoms with Crippen LogP contribution in [0.25, 0.3) is 75.0 Å². The first-order valence-corrected chi connectivity index (χ1v) is 15.4. The topological polar surface area (TPSA) is 42.4 Å². The summed E-state index contributed by atoms with van der Waals surface area (Å²) >= 11 is 1.76. The van der Waals surface area contributed by atoms with Crippen molar-refractivity contribution in [1.82, 2.24) is 4.98 Å². The first-order chi connectivity index (χ1) is 21.8. The number of thiophene rings is 1. The highest BCUT2D eigenvalue weighted by Gasteiger charge is 2.22. The van der Waals surface area contributed by atoms with Crippen LogP contribution in [0, 0.1) is 0 Å². The monoisotopic (exact) mass is 582 g/mol. The molecule has 0 aliphatic heterocycles. The summed E-state index contributed by atoms with van der Waals surface area (Å²) in [6, 6.07) is 44.6. The summed E-state index contributed by atoms with van der Waals surface area (Å²) in [6.07, 6.45) is 1.93. The lowest BCUT2D eigenvalue weighted by molar-refractivity contribution is 0.668. The molecule has 0 fully saturated rings. The van der Waals surface area contributed by atoms with E-state index in [1.807, 2.05) is 30.5 Å². The molecule has 0 bridgehead atoms. The molecule has 6 aromatic carbocycles. The van der Waals surface area contributed by atoms with Crippen LogP contribution < -0.4 is 4.90 Å². The Hall–Kier alpha value is -5.65. The summed E-state index contributed by atoms with van der Waals surface area (Å²) in [4.78, 5) is 8.25. The number of hydrogen-bond acceptors (Lipinski definition) is 5. The van der Waals surface area contributed by atoms with Gasteiger partial charge in [-0.05, 0) is 65.4 Å². The Morgan fingerprint density at radius 2 is 1.09 bits per heavy atom. The SMILES string of the molecule is c1ccc2c(c1)ccc1c2sc2nccc(N(c3ccc4oc5ccccc5c4c3)c3ccc4oc5ccccc5c4c3)c21. The zero-order valence-corrected chi connectivity index (χ0v) is 24.1. The summed E-state index contributed by atoms with van der Waals surface area (Å²) in [7, 11) is 0. The van der Waals surface area contributed by atoms with Crippen LogP contribution in [-0.4, -0.2) is 4.98 Å². The lowest BCUT2D eigenvalue weighted by Crippen LogP contribution is -2.10. The molecular weight excluding hydrogens is 561 g/mol. The molecule has 44 heavy (non-hydrogen) atoms. The molecule has 206 valence electrons. The molecule has 0 saturated heterocycles. The van der Waals surface area contributed by atoms with Gasteiger partial charge in [0.1, 0.15) is 27.2 Å². The zero-order valence-electron chi connectivity index (χ0n) is 23.3. The van der Waals surface area contributed by atoms with Crippen molar-refractivity contribution in [2.75, 3.05) is 4.90 Å². The average Bonchev–Trinajstić information content (AvgIpc) is 3.76. The summed E-state index contributed by atoms with van der Waals surface area (Å²) in [5.74, 6) is 0. The Bertz CT molecular complexity index is 2640. The maximum Gasteiger partial charge on any atom is 0.135 e. The standard InChI is InChI=1S/C39H22N2O2S/c1-2-8-26-23(7-1)13-16-29-37-32(19-20-40-39(37)44-38(26)29)41(24-14-17-35-30(21-24)27-9-3-5-11-33(27)42-35)25-15-18-36-31(22-25)28-10-4-6-12-34(28)43-36/h1-22H. The highest BCUT2D eigenvalue weighted by atomic mass is 32.1. The maximum atomic E-state index is 6.21. The predicted molar refractivity (Wildman–Crippen MR) is 184 cm³/mol. The number of anilines is 3. The van der Waals surface area contributed by atoms with Crippen molar-refractivity contribution < 1.29 is 8.83 Å². The Balaban J connectivity index is 1.30. The van der Waals surface area contributed by atoms with Crippen molar-refractivity contribution in [3.8, 4) is 0 Å². The molecule has 0 N–H and O–H groups in total. The Morgan fingerprint density at radius 1 is 0.500 bits per heavy atom. The first-order valence-electron chi connectivity index (χ1n) is 14.6. The third kappa shape index (κ3) is 3.36. The molecule has 4 heterocycles. The van der Waals surface area contributed by atoms with Crippen molar-refractivity contribution in [3.63, 3.8) is 0 Å². The molecule has 0 spiro atoms. The van der Waals surface area contributed by atoms with Crippen LogP contribution in [0.4, 0.5) is 17.1 Å². The molecule has 0 atom stereocenters. The molecule has 4 nitrogen and oxygen atoms in total. The number of rotatable bonds is 3. The number of nitrogens with zero attached hydrogens (tertiary/aromatic N) is 2. The van der Waals surface area contributed by atoms with Crippen molar-refractivity contribution >= 4 is 103 Å². The van der Waals surface area contributed by atoms with Gasteiger partial charge in [-0.15, -0.1) is 11.3 Å². The minimum Gasteiger partial charge on any atom is -0.456 e. The van der Waals surface area contributed by atoms with Gasteiger partial charge in [-0.3, -0.25) is 0 Å². The third-order valence-electron chi connectivity index (χ3n) is 8.72. The van der Waals surface area contributed by atoms with Gasteiger partial charge in [0.15, 0.2) is 0 Å². The van der Waals surface area contributed by atoms with Crippen LogP contribution in [-0.2, 0) is 0 Å². The van der Waals surface area contributed by atoms with Gasteiger partial charge in [-0.25, -0.2) is 4.98 Å². The number of benzene rings is 6. The number of para-hydroxylation sites is 2. The second kappa shape index (κ2) is 8.93. The molecule has 0 amide bonds. The zero-order chi connectivity index (χ0) is 28.8. The van der Waals surface area contributed by atoms with Crippen LogP contribution in [0.2, 0.25) is 0 Å². The molecule has 0 radical (unpaired) electrons. The smallest absolute Gasteiger partial charge is 0.135 e. The van der Waals surface area contributed by atoms with E-state index in [-0.39, 0.29) is 0 Å². The van der Waals surface area contributed by atoms with E-state index in [1.54, 1.807) is 11.3 Å². The fourth-order valence-electron chi connectivity index (χ4n) is 6.73. The molecule has 10 rings (SSSR count). The van der Waals surface area contributed by atoms with Gasteiger partial charge >= 0.3 is 0 Å². The Labute approximate surface area is 255 Å². The minimum absolute atomic E-state index is 0.874. The molecule has 4 aromatic heterocycles. The molecule has 0 aliphatic rings. The van der Waals surface area contributed by atoms with Crippen LogP contribution in [0.1, 0.15) is 0 Å². The lowest BCUT2D eigenvalue weighted by atomic mass is 10.0. The van der Waals surface area contributed by atoms with E-state index >= 15 is 0 Å². The van der Waals surface area contributed by atoms with Gasteiger partial charge in [0.25, 0.3) is 0 Å². The van der Waals surface area contributed by atoms with Gasteiger partial charge in [-0.1, -0.05) is 72.8 Å². The fraction of sp³-hybridized carbons (Fsp3) is 0. The van der Waals surface area contributed by atoms with E-state index in [2.05, 4.69) is 108 Å². The van der Waals surface area contributed by atoms with Gasteiger partial charge < -0.3 is 13.7 Å². The first kappa shape index (κ1) is 23.9. The molecule has 10 aromatic rings. The highest BCUT2D eigenvalue weighted by molar-refractivity contribution is 7.26. The van der Waals surface area contributed by atoms with E-state index in [0.717, 1.165) is 71.2 Å². The molecule has 0 unspecified atom stereocenters. The number of aromatic nitrogens is 1. The van der Waals surface area contributed by atoms with Gasteiger partial charge in [0, 0.05) is 54.6 Å². The van der Waals surface area contributed by atoms with E-state index in [0.29, 0.717) is 0 Å². The van der Waals surface area contributed by atoms with Crippen LogP contribution in [0.15, 0.2) is 142 Å². The number of pyridine rings is 1. The maximum absolute atomic E-state index is 6.21. The molecule has 5 heteroatoms. The normalized spacial score (nSPS) is 12.1. The van der Waals surface area contributed by atoms with Gasteiger partial charge in [0.05, 0.1) is 5.69 Å². The van der Waals surface area contributed by atoms with E-state index in [9.17, 15) is 0 Å². The van der Waals surface area contributed by atoms with Crippen molar-refractivity contribution in [2.45, 2.75) is 0 Å². The van der Waals surface area contributed by atoms with E-state index in [4.69, 9.17) is 13.8 Å². The summed E-state index contributed by atoms with van der Waals surface area (Å²) in [5.41, 5.74) is 6.69. The minimum atomic E-state index is 0.874. The number of furan rings is 2. The average molecular weight is 583 g/mol. The van der Waals surface area contributed by atoms with E-state index in [1.165, 1.54) is 20.9 Å². The van der Waals surface area contributed by atoms with Crippen LogP contribution >= 0.6 is 11.3 Å². The molecular formula is C39H22N2O2S. The van der Waals surface area contributed by atoms with Crippen molar-refractivity contribution in [3.05, 3.63) is 134 Å². The molecule has 0 saturated carbocycles. The van der Waals surface area contributed by atoms with E-state index < -0.39 is 0 Å². The van der Waals surface area contributed by atoms with Crippen LogP contribution in [0.3, 0.4) is 0 Å². The largest absolute Gasteiger partial charge is 0.456 e. The fourth-order valence-corrected chi connectivity index (χ4v) is 7.93. The van der Waals surface area contributed by atoms with Crippen molar-refractivity contribution in [1.29, 1.82) is 0 Å².